The van der Waals surface area contributed by atoms with Gasteiger partial charge in [-0.15, -0.1) is 0 Å². The number of primary sulfonamides is 1. The second-order valence-electron chi connectivity index (χ2n) is 11.2. The molecule has 0 aliphatic rings. The van der Waals surface area contributed by atoms with Crippen molar-refractivity contribution in [3.05, 3.63) is 107 Å². The second-order valence-corrected chi connectivity index (χ2v) is 12.8. The minimum absolute atomic E-state index is 0.00704. The maximum absolute atomic E-state index is 14.1. The Morgan fingerprint density at radius 2 is 1.43 bits per heavy atom. The average Bonchev–Trinajstić information content (AvgIpc) is 3.34. The molecular weight excluding hydrogens is 632 g/mol. The van der Waals surface area contributed by atoms with Gasteiger partial charge in [-0.2, -0.15) is 0 Å². The molecule has 3 aromatic carbocycles. The van der Waals surface area contributed by atoms with E-state index in [4.69, 9.17) is 10.2 Å². The molecule has 4 aromatic rings. The molecule has 47 heavy (non-hydrogen) atoms. The lowest BCUT2D eigenvalue weighted by molar-refractivity contribution is -0.139. The number of aliphatic hydroxyl groups is 2. The standard InChI is InChI=1S/C34H35F2N3O7S/c1-20(2)39-29(16-13-26(40)17-27(41)18-30(42)43)31(22-5-9-24(35)10-6-22)32(23-7-11-25(36)12-8-23)33(39)34(44)38-19-21-3-14-28(15-4-21)47(37,45)46/h3-16,20,26-27,40-41H,17-19H2,1-2H3,(H,38,44)(H,42,43)(H2,37,45,46)/b16-13+/t26-,27+/m0/s1. The van der Waals surface area contributed by atoms with Crippen LogP contribution in [0, 0.1) is 11.6 Å². The molecule has 13 heteroatoms. The van der Waals surface area contributed by atoms with Gasteiger partial charge in [0, 0.05) is 35.8 Å². The SMILES string of the molecule is CC(C)n1c(/C=C/[C@H](O)C[C@@H](O)CC(=O)O)c(-c2ccc(F)cc2)c(-c2ccc(F)cc2)c1C(=O)NCc1ccc(S(N)(=O)=O)cc1. The fourth-order valence-corrected chi connectivity index (χ4v) is 5.76. The molecule has 0 saturated carbocycles. The fourth-order valence-electron chi connectivity index (χ4n) is 5.24. The molecule has 4 rings (SSSR count). The molecule has 0 aliphatic carbocycles. The zero-order valence-corrected chi connectivity index (χ0v) is 26.4. The number of nitrogens with one attached hydrogen (secondary N) is 1. The molecule has 0 radical (unpaired) electrons. The molecule has 1 aromatic heterocycles. The van der Waals surface area contributed by atoms with Crippen molar-refractivity contribution >= 4 is 28.0 Å². The Hall–Kier alpha value is -4.69. The number of rotatable bonds is 13. The Labute approximate surface area is 270 Å². The van der Waals surface area contributed by atoms with Gasteiger partial charge < -0.3 is 25.2 Å². The van der Waals surface area contributed by atoms with Crippen molar-refractivity contribution in [2.75, 3.05) is 0 Å². The van der Waals surface area contributed by atoms with Crippen molar-refractivity contribution in [2.45, 2.75) is 56.4 Å². The number of hydrogen-bond donors (Lipinski definition) is 5. The van der Waals surface area contributed by atoms with E-state index < -0.39 is 52.2 Å². The number of hydrogen-bond acceptors (Lipinski definition) is 6. The summed E-state index contributed by atoms with van der Waals surface area (Å²) >= 11 is 0. The molecule has 248 valence electrons. The van der Waals surface area contributed by atoms with Crippen LogP contribution in [0.4, 0.5) is 8.78 Å². The van der Waals surface area contributed by atoms with Gasteiger partial charge in [-0.1, -0.05) is 42.5 Å². The normalized spacial score (nSPS) is 13.2. The highest BCUT2D eigenvalue weighted by atomic mass is 32.2. The van der Waals surface area contributed by atoms with Gasteiger partial charge in [0.1, 0.15) is 17.3 Å². The maximum Gasteiger partial charge on any atom is 0.305 e. The minimum Gasteiger partial charge on any atom is -0.481 e. The largest absolute Gasteiger partial charge is 0.481 e. The van der Waals surface area contributed by atoms with Gasteiger partial charge in [-0.25, -0.2) is 22.3 Å². The molecule has 0 aliphatic heterocycles. The van der Waals surface area contributed by atoms with E-state index in [0.717, 1.165) is 0 Å². The number of carbonyl (C=O) groups is 2. The Bertz CT molecular complexity index is 1870. The molecular formula is C34H35F2N3O7S. The van der Waals surface area contributed by atoms with E-state index >= 15 is 0 Å². The van der Waals surface area contributed by atoms with E-state index in [1.165, 1.54) is 78.9 Å². The summed E-state index contributed by atoms with van der Waals surface area (Å²) in [6.07, 6.45) is -0.469. The molecule has 0 unspecified atom stereocenters. The van der Waals surface area contributed by atoms with Gasteiger partial charge in [-0.05, 0) is 73.0 Å². The van der Waals surface area contributed by atoms with E-state index in [1.807, 2.05) is 13.8 Å². The van der Waals surface area contributed by atoms with Crippen LogP contribution in [-0.4, -0.2) is 52.4 Å². The van der Waals surface area contributed by atoms with Crippen LogP contribution in [0.5, 0.6) is 0 Å². The summed E-state index contributed by atoms with van der Waals surface area (Å²) in [5.41, 5.74) is 3.04. The van der Waals surface area contributed by atoms with Crippen molar-refractivity contribution in [3.63, 3.8) is 0 Å². The topological polar surface area (TPSA) is 172 Å². The Balaban J connectivity index is 1.89. The number of aliphatic carboxylic acids is 1. The predicted octanol–water partition coefficient (Wildman–Crippen LogP) is 4.86. The number of sulfonamides is 1. The first-order valence-electron chi connectivity index (χ1n) is 14.6. The van der Waals surface area contributed by atoms with Crippen molar-refractivity contribution in [3.8, 4) is 22.3 Å². The third kappa shape index (κ3) is 8.77. The van der Waals surface area contributed by atoms with E-state index in [-0.39, 0.29) is 29.6 Å². The molecule has 1 amide bonds. The van der Waals surface area contributed by atoms with E-state index in [1.54, 1.807) is 10.6 Å². The lowest BCUT2D eigenvalue weighted by Gasteiger charge is -2.17. The molecule has 0 saturated heterocycles. The monoisotopic (exact) mass is 667 g/mol. The number of halogens is 2. The number of carboxylic acids is 1. The lowest BCUT2D eigenvalue weighted by Crippen LogP contribution is -2.27. The second kappa shape index (κ2) is 14.8. The van der Waals surface area contributed by atoms with Crippen molar-refractivity contribution < 1.29 is 42.1 Å². The molecule has 10 nitrogen and oxygen atoms in total. The molecule has 2 atom stereocenters. The van der Waals surface area contributed by atoms with Crippen molar-refractivity contribution in [2.24, 2.45) is 5.14 Å². The van der Waals surface area contributed by atoms with Gasteiger partial charge in [-0.3, -0.25) is 9.59 Å². The summed E-state index contributed by atoms with van der Waals surface area (Å²) in [7, 11) is -3.91. The molecule has 0 fully saturated rings. The van der Waals surface area contributed by atoms with Crippen LogP contribution >= 0.6 is 0 Å². The summed E-state index contributed by atoms with van der Waals surface area (Å²) in [5, 5.41) is 37.8. The van der Waals surface area contributed by atoms with E-state index in [0.29, 0.717) is 33.5 Å². The fraction of sp³-hybridized carbons (Fsp3) is 0.235. The Morgan fingerprint density at radius 1 is 0.894 bits per heavy atom. The van der Waals surface area contributed by atoms with Crippen LogP contribution in [0.1, 0.15) is 54.5 Å². The molecule has 1 heterocycles. The summed E-state index contributed by atoms with van der Waals surface area (Å²) in [6, 6.07) is 16.4. The number of aromatic nitrogens is 1. The highest BCUT2D eigenvalue weighted by molar-refractivity contribution is 7.89. The summed E-state index contributed by atoms with van der Waals surface area (Å²) < 4.78 is 53.2. The number of amides is 1. The number of aliphatic hydroxyl groups excluding tert-OH is 2. The first-order valence-corrected chi connectivity index (χ1v) is 16.2. The number of carboxylic acid groups (broad SMARTS) is 1. The average molecular weight is 668 g/mol. The maximum atomic E-state index is 14.1. The zero-order chi connectivity index (χ0) is 34.5. The zero-order valence-electron chi connectivity index (χ0n) is 25.6. The van der Waals surface area contributed by atoms with Gasteiger partial charge >= 0.3 is 5.97 Å². The predicted molar refractivity (Wildman–Crippen MR) is 173 cm³/mol. The van der Waals surface area contributed by atoms with Crippen LogP contribution < -0.4 is 10.5 Å². The molecule has 0 bridgehead atoms. The number of nitrogens with two attached hydrogens (primary N) is 1. The van der Waals surface area contributed by atoms with E-state index in [9.17, 15) is 37.0 Å². The first-order chi connectivity index (χ1) is 22.1. The third-order valence-electron chi connectivity index (χ3n) is 7.35. The number of carbonyl (C=O) groups excluding carboxylic acids is 1. The van der Waals surface area contributed by atoms with Gasteiger partial charge in [0.15, 0.2) is 0 Å². The van der Waals surface area contributed by atoms with Crippen LogP contribution in [0.3, 0.4) is 0 Å². The van der Waals surface area contributed by atoms with Gasteiger partial charge in [0.2, 0.25) is 10.0 Å². The van der Waals surface area contributed by atoms with Crippen LogP contribution in [-0.2, 0) is 21.4 Å². The summed E-state index contributed by atoms with van der Waals surface area (Å²) in [4.78, 5) is 25.0. The van der Waals surface area contributed by atoms with E-state index in [2.05, 4.69) is 5.32 Å². The van der Waals surface area contributed by atoms with Gasteiger partial charge in [0.05, 0.1) is 23.5 Å². The van der Waals surface area contributed by atoms with Crippen LogP contribution in [0.15, 0.2) is 83.8 Å². The smallest absolute Gasteiger partial charge is 0.305 e. The number of nitrogens with zero attached hydrogens (tertiary/aromatic N) is 1. The highest BCUT2D eigenvalue weighted by Crippen LogP contribution is 2.42. The summed E-state index contributed by atoms with van der Waals surface area (Å²) in [5.74, 6) is -2.75. The highest BCUT2D eigenvalue weighted by Gasteiger charge is 2.29. The minimum atomic E-state index is -3.91. The summed E-state index contributed by atoms with van der Waals surface area (Å²) in [6.45, 7) is 3.67. The quantitative estimate of drug-likeness (QED) is 0.136. The van der Waals surface area contributed by atoms with Crippen molar-refractivity contribution in [1.82, 2.24) is 9.88 Å². The molecule has 0 spiro atoms. The van der Waals surface area contributed by atoms with Crippen LogP contribution in [0.2, 0.25) is 0 Å². The Kier molecular flexibility index (Phi) is 11.1. The van der Waals surface area contributed by atoms with Crippen molar-refractivity contribution in [1.29, 1.82) is 0 Å². The van der Waals surface area contributed by atoms with Crippen LogP contribution in [0.25, 0.3) is 28.3 Å². The van der Waals surface area contributed by atoms with Gasteiger partial charge in [0.25, 0.3) is 5.91 Å². The third-order valence-corrected chi connectivity index (χ3v) is 8.27. The molecule has 6 N–H and O–H groups in total. The Morgan fingerprint density at radius 3 is 1.91 bits per heavy atom. The lowest BCUT2D eigenvalue weighted by atomic mass is 9.94. The first kappa shape index (κ1) is 35.2. The number of benzene rings is 3.